The number of para-hydroxylation sites is 1. The standard InChI is InChI=1S/C16H20N4/c1-2-6-15-14(5-1)16(18-11-17-15)19-12-7-9-20-8-3-4-13(20)10-12/h1-2,5-6,11-13H,3-4,7-10H2,(H,17,18,19). The Balaban J connectivity index is 1.56. The van der Waals surface area contributed by atoms with Gasteiger partial charge in [0.1, 0.15) is 12.1 Å². The first-order valence-electron chi connectivity index (χ1n) is 7.60. The lowest BCUT2D eigenvalue weighted by atomic mass is 9.97. The Hall–Kier alpha value is -1.68. The Bertz CT molecular complexity index is 607. The highest BCUT2D eigenvalue weighted by atomic mass is 15.2. The summed E-state index contributed by atoms with van der Waals surface area (Å²) in [6, 6.07) is 9.55. The molecule has 0 spiro atoms. The number of aromatic nitrogens is 2. The maximum absolute atomic E-state index is 4.45. The van der Waals surface area contributed by atoms with E-state index in [1.165, 1.54) is 38.8 Å². The summed E-state index contributed by atoms with van der Waals surface area (Å²) >= 11 is 0. The monoisotopic (exact) mass is 268 g/mol. The molecule has 1 aromatic heterocycles. The van der Waals surface area contributed by atoms with Gasteiger partial charge < -0.3 is 10.2 Å². The van der Waals surface area contributed by atoms with E-state index in [1.54, 1.807) is 6.33 Å². The molecular formula is C16H20N4. The molecule has 4 nitrogen and oxygen atoms in total. The van der Waals surface area contributed by atoms with Gasteiger partial charge in [-0.15, -0.1) is 0 Å². The quantitative estimate of drug-likeness (QED) is 0.909. The van der Waals surface area contributed by atoms with Crippen molar-refractivity contribution in [2.24, 2.45) is 0 Å². The first-order valence-corrected chi connectivity index (χ1v) is 7.60. The molecule has 0 bridgehead atoms. The van der Waals surface area contributed by atoms with Crippen LogP contribution in [0.2, 0.25) is 0 Å². The van der Waals surface area contributed by atoms with Gasteiger partial charge in [0.2, 0.25) is 0 Å². The average molecular weight is 268 g/mol. The van der Waals surface area contributed by atoms with Crippen molar-refractivity contribution in [2.75, 3.05) is 18.4 Å². The highest BCUT2D eigenvalue weighted by Gasteiger charge is 2.31. The van der Waals surface area contributed by atoms with Crippen molar-refractivity contribution in [2.45, 2.75) is 37.8 Å². The summed E-state index contributed by atoms with van der Waals surface area (Å²) in [6.45, 7) is 2.53. The number of nitrogens with zero attached hydrogens (tertiary/aromatic N) is 3. The molecule has 20 heavy (non-hydrogen) atoms. The van der Waals surface area contributed by atoms with Crippen molar-refractivity contribution in [3.05, 3.63) is 30.6 Å². The van der Waals surface area contributed by atoms with E-state index >= 15 is 0 Å². The number of benzene rings is 1. The molecule has 2 aliphatic heterocycles. The molecule has 2 atom stereocenters. The number of nitrogens with one attached hydrogen (secondary N) is 1. The maximum Gasteiger partial charge on any atom is 0.137 e. The Labute approximate surface area is 119 Å². The van der Waals surface area contributed by atoms with E-state index in [0.717, 1.165) is 22.8 Å². The summed E-state index contributed by atoms with van der Waals surface area (Å²) in [7, 11) is 0. The predicted octanol–water partition coefficient (Wildman–Crippen LogP) is 2.67. The molecule has 0 saturated carbocycles. The van der Waals surface area contributed by atoms with Gasteiger partial charge in [-0.25, -0.2) is 9.97 Å². The molecule has 4 rings (SSSR count). The third-order valence-corrected chi connectivity index (χ3v) is 4.70. The van der Waals surface area contributed by atoms with Gasteiger partial charge in [0.05, 0.1) is 5.52 Å². The second kappa shape index (κ2) is 5.02. The van der Waals surface area contributed by atoms with Crippen molar-refractivity contribution in [3.8, 4) is 0 Å². The third kappa shape index (κ3) is 2.14. The predicted molar refractivity (Wildman–Crippen MR) is 80.8 cm³/mol. The van der Waals surface area contributed by atoms with Crippen LogP contribution >= 0.6 is 0 Å². The smallest absolute Gasteiger partial charge is 0.137 e. The van der Waals surface area contributed by atoms with Crippen LogP contribution in [0.4, 0.5) is 5.82 Å². The van der Waals surface area contributed by atoms with Crippen molar-refractivity contribution in [3.63, 3.8) is 0 Å². The Morgan fingerprint density at radius 2 is 2.05 bits per heavy atom. The molecule has 1 N–H and O–H groups in total. The van der Waals surface area contributed by atoms with E-state index in [0.29, 0.717) is 6.04 Å². The lowest BCUT2D eigenvalue weighted by Gasteiger charge is -2.35. The Morgan fingerprint density at radius 1 is 1.10 bits per heavy atom. The largest absolute Gasteiger partial charge is 0.367 e. The topological polar surface area (TPSA) is 41.0 Å². The van der Waals surface area contributed by atoms with Gasteiger partial charge in [0.15, 0.2) is 0 Å². The molecule has 2 aromatic rings. The van der Waals surface area contributed by atoms with E-state index in [2.05, 4.69) is 32.3 Å². The van der Waals surface area contributed by atoms with Crippen LogP contribution in [0.1, 0.15) is 25.7 Å². The average Bonchev–Trinajstić information content (AvgIpc) is 2.95. The summed E-state index contributed by atoms with van der Waals surface area (Å²) in [6.07, 6.45) is 6.86. The Morgan fingerprint density at radius 3 is 3.05 bits per heavy atom. The number of piperidine rings is 1. The maximum atomic E-state index is 4.45. The molecule has 104 valence electrons. The van der Waals surface area contributed by atoms with Crippen LogP contribution in [0.3, 0.4) is 0 Å². The van der Waals surface area contributed by atoms with Crippen LogP contribution in [0.15, 0.2) is 30.6 Å². The molecule has 2 saturated heterocycles. The van der Waals surface area contributed by atoms with Gasteiger partial charge in [0.25, 0.3) is 0 Å². The second-order valence-corrected chi connectivity index (χ2v) is 5.94. The number of anilines is 1. The fraction of sp³-hybridized carbons (Fsp3) is 0.500. The molecule has 2 aliphatic rings. The molecule has 0 aliphatic carbocycles. The van der Waals surface area contributed by atoms with Gasteiger partial charge in [-0.05, 0) is 44.4 Å². The van der Waals surface area contributed by atoms with Gasteiger partial charge in [0, 0.05) is 24.0 Å². The fourth-order valence-electron chi connectivity index (χ4n) is 3.67. The van der Waals surface area contributed by atoms with Gasteiger partial charge in [-0.3, -0.25) is 0 Å². The van der Waals surface area contributed by atoms with Crippen LogP contribution in [-0.4, -0.2) is 40.0 Å². The summed E-state index contributed by atoms with van der Waals surface area (Å²) in [5, 5.41) is 4.79. The highest BCUT2D eigenvalue weighted by molar-refractivity contribution is 5.88. The number of hydrogen-bond acceptors (Lipinski definition) is 4. The van der Waals surface area contributed by atoms with Crippen LogP contribution in [-0.2, 0) is 0 Å². The minimum atomic E-state index is 0.549. The van der Waals surface area contributed by atoms with Crippen molar-refractivity contribution in [1.29, 1.82) is 0 Å². The zero-order valence-electron chi connectivity index (χ0n) is 11.6. The summed E-state index contributed by atoms with van der Waals surface area (Å²) in [5.74, 6) is 0.993. The fourth-order valence-corrected chi connectivity index (χ4v) is 3.67. The summed E-state index contributed by atoms with van der Waals surface area (Å²) < 4.78 is 0. The number of fused-ring (bicyclic) bond motifs is 2. The lowest BCUT2D eigenvalue weighted by molar-refractivity contribution is 0.188. The minimum Gasteiger partial charge on any atom is -0.367 e. The second-order valence-electron chi connectivity index (χ2n) is 5.94. The number of rotatable bonds is 2. The van der Waals surface area contributed by atoms with Crippen LogP contribution in [0.25, 0.3) is 10.9 Å². The van der Waals surface area contributed by atoms with Crippen molar-refractivity contribution >= 4 is 16.7 Å². The molecule has 1 aromatic carbocycles. The molecule has 2 fully saturated rings. The SMILES string of the molecule is c1ccc2c(NC3CCN4CCCC4C3)ncnc2c1. The van der Waals surface area contributed by atoms with Gasteiger partial charge in [-0.1, -0.05) is 12.1 Å². The first-order chi connectivity index (χ1) is 9.90. The van der Waals surface area contributed by atoms with E-state index in [1.807, 2.05) is 12.1 Å². The molecule has 2 unspecified atom stereocenters. The minimum absolute atomic E-state index is 0.549. The molecule has 0 amide bonds. The zero-order valence-corrected chi connectivity index (χ0v) is 11.6. The van der Waals surface area contributed by atoms with Gasteiger partial charge >= 0.3 is 0 Å². The first kappa shape index (κ1) is 12.1. The third-order valence-electron chi connectivity index (χ3n) is 4.70. The van der Waals surface area contributed by atoms with Crippen LogP contribution < -0.4 is 5.32 Å². The summed E-state index contributed by atoms with van der Waals surface area (Å²) in [5.41, 5.74) is 1.02. The van der Waals surface area contributed by atoms with E-state index in [4.69, 9.17) is 0 Å². The van der Waals surface area contributed by atoms with E-state index in [9.17, 15) is 0 Å². The molecule has 4 heteroatoms. The van der Waals surface area contributed by atoms with Crippen molar-refractivity contribution in [1.82, 2.24) is 14.9 Å². The molecular weight excluding hydrogens is 248 g/mol. The lowest BCUT2D eigenvalue weighted by Crippen LogP contribution is -2.42. The van der Waals surface area contributed by atoms with E-state index < -0.39 is 0 Å². The van der Waals surface area contributed by atoms with Gasteiger partial charge in [-0.2, -0.15) is 0 Å². The van der Waals surface area contributed by atoms with E-state index in [-0.39, 0.29) is 0 Å². The molecule has 0 radical (unpaired) electrons. The van der Waals surface area contributed by atoms with Crippen LogP contribution in [0.5, 0.6) is 0 Å². The van der Waals surface area contributed by atoms with Crippen LogP contribution in [0, 0.1) is 0 Å². The highest BCUT2D eigenvalue weighted by Crippen LogP contribution is 2.29. The normalized spacial score (nSPS) is 26.6. The summed E-state index contributed by atoms with van der Waals surface area (Å²) in [4.78, 5) is 11.4. The number of hydrogen-bond donors (Lipinski definition) is 1. The zero-order chi connectivity index (χ0) is 13.4. The molecule has 3 heterocycles. The van der Waals surface area contributed by atoms with Crippen molar-refractivity contribution < 1.29 is 0 Å². The Kier molecular flexibility index (Phi) is 3.03.